The fraction of sp³-hybridized carbons (Fsp3) is 0. The third-order valence-electron chi connectivity index (χ3n) is 11.8. The predicted octanol–water partition coefficient (Wildman–Crippen LogP) is 9.19. The van der Waals surface area contributed by atoms with Crippen molar-refractivity contribution in [3.8, 4) is 34.4 Å². The number of benzene rings is 7. The van der Waals surface area contributed by atoms with Gasteiger partial charge >= 0.3 is 0 Å². The first-order valence-corrected chi connectivity index (χ1v) is 20.0. The third kappa shape index (κ3) is 4.59. The topological polar surface area (TPSA) is 133 Å². The Morgan fingerprint density at radius 3 is 1.44 bits per heavy atom. The molecule has 0 fully saturated rings. The van der Waals surface area contributed by atoms with Gasteiger partial charge in [-0.1, -0.05) is 78.9 Å². The van der Waals surface area contributed by atoms with Crippen molar-refractivity contribution in [3.63, 3.8) is 0 Å². The summed E-state index contributed by atoms with van der Waals surface area (Å²) in [4.78, 5) is 70.5. The highest BCUT2D eigenvalue weighted by Gasteiger charge is 2.36. The number of amides is 2. The average molecular weight is 802 g/mol. The summed E-state index contributed by atoms with van der Waals surface area (Å²) in [5.41, 5.74) is 7.14. The summed E-state index contributed by atoms with van der Waals surface area (Å²) in [5, 5.41) is 1.80. The van der Waals surface area contributed by atoms with E-state index < -0.39 is 17.4 Å². The molecule has 0 aliphatic carbocycles. The Balaban J connectivity index is 1.15. The first kappa shape index (κ1) is 34.0. The Morgan fingerprint density at radius 1 is 0.387 bits per heavy atom. The van der Waals surface area contributed by atoms with Gasteiger partial charge in [0.2, 0.25) is 0 Å². The first-order chi connectivity index (χ1) is 30.5. The summed E-state index contributed by atoms with van der Waals surface area (Å²) < 4.78 is 5.58. The summed E-state index contributed by atoms with van der Waals surface area (Å²) >= 11 is 0. The largest absolute Gasteiger partial charge is 0.291 e. The minimum Gasteiger partial charge on any atom is -0.291 e. The molecule has 12 aromatic rings. The highest BCUT2D eigenvalue weighted by molar-refractivity contribution is 6.38. The van der Waals surface area contributed by atoms with Gasteiger partial charge in [0.1, 0.15) is 11.4 Å². The maximum absolute atomic E-state index is 15.0. The van der Waals surface area contributed by atoms with Gasteiger partial charge in [-0.05, 0) is 84.9 Å². The van der Waals surface area contributed by atoms with Gasteiger partial charge < -0.3 is 0 Å². The highest BCUT2D eigenvalue weighted by atomic mass is 16.2. The van der Waals surface area contributed by atoms with Crippen LogP contribution in [0.5, 0.6) is 0 Å². The van der Waals surface area contributed by atoms with Gasteiger partial charge in [-0.2, -0.15) is 0 Å². The molecule has 0 spiro atoms. The van der Waals surface area contributed by atoms with Gasteiger partial charge in [0.05, 0.1) is 27.8 Å². The number of carbonyl (C=O) groups excluding carboxylic acids is 2. The molecule has 62 heavy (non-hydrogen) atoms. The molecule has 0 N–H and O–H groups in total. The van der Waals surface area contributed by atoms with Crippen molar-refractivity contribution >= 4 is 78.1 Å². The molecule has 0 bridgehead atoms. The highest BCUT2D eigenvalue weighted by Crippen LogP contribution is 2.40. The number of rotatable bonds is 5. The number of imidazole rings is 3. The number of anilines is 1. The van der Waals surface area contributed by atoms with Crippen molar-refractivity contribution in [2.75, 3.05) is 4.90 Å². The molecule has 12 heteroatoms. The van der Waals surface area contributed by atoms with Gasteiger partial charge in [-0.3, -0.25) is 23.5 Å². The van der Waals surface area contributed by atoms with Crippen LogP contribution in [0.2, 0.25) is 0 Å². The smallest absolute Gasteiger partial charge is 0.266 e. The van der Waals surface area contributed by atoms with E-state index in [2.05, 4.69) is 4.57 Å². The van der Waals surface area contributed by atoms with Gasteiger partial charge in [0.25, 0.3) is 17.4 Å². The molecule has 5 aromatic heterocycles. The van der Waals surface area contributed by atoms with Crippen LogP contribution in [0.15, 0.2) is 169 Å². The van der Waals surface area contributed by atoms with Gasteiger partial charge in [-0.25, -0.2) is 34.2 Å². The number of carbonyl (C=O) groups is 2. The van der Waals surface area contributed by atoms with Crippen LogP contribution in [0, 0.1) is 0 Å². The van der Waals surface area contributed by atoms with Crippen LogP contribution in [0.3, 0.4) is 0 Å². The molecule has 7 aromatic carbocycles. The molecule has 0 saturated heterocycles. The second-order valence-electron chi connectivity index (χ2n) is 15.2. The van der Waals surface area contributed by atoms with Crippen molar-refractivity contribution in [2.45, 2.75) is 0 Å². The summed E-state index contributed by atoms with van der Waals surface area (Å²) in [5.74, 6) is 0.0621. The van der Waals surface area contributed by atoms with Gasteiger partial charge in [0, 0.05) is 44.0 Å². The second-order valence-corrected chi connectivity index (χ2v) is 15.2. The summed E-state index contributed by atoms with van der Waals surface area (Å²) in [7, 11) is 0. The van der Waals surface area contributed by atoms with Crippen molar-refractivity contribution in [2.24, 2.45) is 0 Å². The lowest BCUT2D eigenvalue weighted by atomic mass is 9.90. The lowest BCUT2D eigenvalue weighted by Crippen LogP contribution is -2.40. The normalized spacial score (nSPS) is 12.9. The van der Waals surface area contributed by atoms with Crippen molar-refractivity contribution in [3.05, 3.63) is 185 Å². The molecule has 13 rings (SSSR count). The number of aromatic nitrogens is 8. The minimum absolute atomic E-state index is 0.209. The maximum Gasteiger partial charge on any atom is 0.266 e. The summed E-state index contributed by atoms with van der Waals surface area (Å²) in [6.07, 6.45) is 0. The first-order valence-electron chi connectivity index (χ1n) is 20.0. The van der Waals surface area contributed by atoms with E-state index in [1.54, 1.807) is 48.5 Å². The molecule has 1 aliphatic heterocycles. The molecule has 0 radical (unpaired) electrons. The van der Waals surface area contributed by atoms with E-state index in [0.717, 1.165) is 33.4 Å². The van der Waals surface area contributed by atoms with Crippen LogP contribution in [0.25, 0.3) is 95.0 Å². The van der Waals surface area contributed by atoms with Crippen LogP contribution in [-0.4, -0.2) is 50.3 Å². The standard InChI is InChI=1S/C50H27N9O3/c60-48-33-25-24-31-39-32(26-27-34(40(33)39)49(61)58(48)30-18-8-3-9-19-30)50(62)59-44(31)55-43-47(59)54-42(46-52-36-21-11-13-23-38(36)57(46)29-16-6-2-7-17-29)41(53-43)45-51-35-20-10-12-22-37(35)56(45)28-14-4-1-5-15-28/h1-27H. The van der Waals surface area contributed by atoms with E-state index >= 15 is 0 Å². The van der Waals surface area contributed by atoms with Crippen LogP contribution in [0.4, 0.5) is 5.69 Å². The molecule has 12 nitrogen and oxygen atoms in total. The average Bonchev–Trinajstić information content (AvgIpc) is 4.02. The van der Waals surface area contributed by atoms with E-state index in [0.29, 0.717) is 67.0 Å². The molecule has 290 valence electrons. The third-order valence-corrected chi connectivity index (χ3v) is 11.8. The number of hydrogen-bond acceptors (Lipinski definition) is 8. The monoisotopic (exact) mass is 801 g/mol. The lowest BCUT2D eigenvalue weighted by molar-refractivity contribution is 0.0893. The van der Waals surface area contributed by atoms with E-state index in [1.165, 1.54) is 9.30 Å². The fourth-order valence-corrected chi connectivity index (χ4v) is 9.11. The molecular weight excluding hydrogens is 775 g/mol. The fourth-order valence-electron chi connectivity index (χ4n) is 9.11. The Labute approximate surface area is 349 Å². The molecule has 2 amide bonds. The lowest BCUT2D eigenvalue weighted by Gasteiger charge is -2.27. The number of fused-ring (bicyclic) bond motifs is 6. The number of para-hydroxylation sites is 7. The van der Waals surface area contributed by atoms with Crippen LogP contribution in [0.1, 0.15) is 20.7 Å². The van der Waals surface area contributed by atoms with Gasteiger partial charge in [0.15, 0.2) is 28.6 Å². The zero-order valence-corrected chi connectivity index (χ0v) is 32.3. The minimum atomic E-state index is -0.468. The molecule has 0 atom stereocenters. The van der Waals surface area contributed by atoms with Gasteiger partial charge in [-0.15, -0.1) is 0 Å². The van der Waals surface area contributed by atoms with Crippen LogP contribution >= 0.6 is 0 Å². The maximum atomic E-state index is 15.0. The van der Waals surface area contributed by atoms with E-state index in [9.17, 15) is 14.4 Å². The molecule has 6 heterocycles. The predicted molar refractivity (Wildman–Crippen MR) is 238 cm³/mol. The number of imide groups is 1. The summed E-state index contributed by atoms with van der Waals surface area (Å²) in [6.45, 7) is 0. The SMILES string of the molecule is O=C1c2ccc3c(=O)n4c5nc(-c6nc7ccccc7n6-c6ccccc6)c(-c6nc7ccccc7n6-c6ccccc6)nc5nc4c4ccc(c2c34)C(=O)N1c1ccccc1. The van der Waals surface area contributed by atoms with Crippen LogP contribution in [-0.2, 0) is 0 Å². The Morgan fingerprint density at radius 2 is 0.871 bits per heavy atom. The summed E-state index contributed by atoms with van der Waals surface area (Å²) in [6, 6.07) is 51.3. The van der Waals surface area contributed by atoms with Crippen molar-refractivity contribution in [1.82, 2.24) is 38.5 Å². The zero-order chi connectivity index (χ0) is 41.2. The quantitative estimate of drug-likeness (QED) is 0.157. The number of pyridine rings is 1. The van der Waals surface area contributed by atoms with E-state index in [4.69, 9.17) is 24.9 Å². The van der Waals surface area contributed by atoms with E-state index in [-0.39, 0.29) is 11.3 Å². The second kappa shape index (κ2) is 12.6. The Hall–Kier alpha value is -8.90. The zero-order valence-electron chi connectivity index (χ0n) is 32.3. The van der Waals surface area contributed by atoms with E-state index in [1.807, 2.05) is 120 Å². The Kier molecular flexibility index (Phi) is 6.89. The molecule has 0 unspecified atom stereocenters. The van der Waals surface area contributed by atoms with Crippen LogP contribution < -0.4 is 10.5 Å². The molecule has 0 saturated carbocycles. The Bertz CT molecular complexity index is 3910. The number of hydrogen-bond donors (Lipinski definition) is 0. The number of nitrogens with zero attached hydrogens (tertiary/aromatic N) is 9. The van der Waals surface area contributed by atoms with Crippen molar-refractivity contribution in [1.29, 1.82) is 0 Å². The molecular formula is C50H27N9O3. The molecule has 1 aliphatic rings. The van der Waals surface area contributed by atoms with Crippen molar-refractivity contribution < 1.29 is 9.59 Å².